The molecule has 0 aromatic rings. The molecule has 1 unspecified atom stereocenters. The largest absolute Gasteiger partial charge is 0.304 e. The minimum Gasteiger partial charge on any atom is -0.304 e. The summed E-state index contributed by atoms with van der Waals surface area (Å²) in [7, 11) is 0. The highest BCUT2D eigenvalue weighted by molar-refractivity contribution is 7.80. The molecule has 1 nitrogen and oxygen atoms in total. The molecule has 0 saturated carbocycles. The molecule has 0 saturated heterocycles. The highest BCUT2D eigenvalue weighted by Crippen LogP contribution is 2.13. The predicted octanol–water partition coefficient (Wildman–Crippen LogP) is 3.06. The first-order valence-electron chi connectivity index (χ1n) is 5.61. The maximum absolute atomic E-state index is 4.39. The third-order valence-electron chi connectivity index (χ3n) is 2.70. The van der Waals surface area contributed by atoms with Gasteiger partial charge in [-0.3, -0.25) is 0 Å². The van der Waals surface area contributed by atoms with Crippen LogP contribution >= 0.6 is 12.6 Å². The lowest BCUT2D eigenvalue weighted by molar-refractivity contribution is 0.277. The lowest BCUT2D eigenvalue weighted by Crippen LogP contribution is -2.26. The zero-order valence-electron chi connectivity index (χ0n) is 9.42. The number of nitrogens with zero attached hydrogens (tertiary/aromatic N) is 1. The minimum atomic E-state index is 0.828. The van der Waals surface area contributed by atoms with E-state index in [-0.39, 0.29) is 0 Å². The van der Waals surface area contributed by atoms with Gasteiger partial charge in [0.2, 0.25) is 0 Å². The molecule has 0 radical (unpaired) electrons. The fourth-order valence-corrected chi connectivity index (χ4v) is 2.01. The van der Waals surface area contributed by atoms with Crippen LogP contribution in [-0.2, 0) is 0 Å². The molecule has 0 aromatic carbocycles. The van der Waals surface area contributed by atoms with Gasteiger partial charge in [-0.25, -0.2) is 0 Å². The van der Waals surface area contributed by atoms with E-state index in [9.17, 15) is 0 Å². The quantitative estimate of drug-likeness (QED) is 0.593. The zero-order chi connectivity index (χ0) is 10.1. The molecule has 2 heteroatoms. The predicted molar refractivity (Wildman–Crippen MR) is 64.7 cm³/mol. The number of hydrogen-bond donors (Lipinski definition) is 1. The third kappa shape index (κ3) is 6.39. The molecule has 0 spiro atoms. The number of thiol groups is 1. The lowest BCUT2D eigenvalue weighted by atomic mass is 10.0. The minimum absolute atomic E-state index is 0.828. The van der Waals surface area contributed by atoms with Crippen molar-refractivity contribution in [2.75, 3.05) is 25.4 Å². The fraction of sp³-hybridized carbons (Fsp3) is 1.00. The van der Waals surface area contributed by atoms with Gasteiger partial charge in [0, 0.05) is 0 Å². The molecular formula is C11H25NS. The van der Waals surface area contributed by atoms with Crippen molar-refractivity contribution >= 4 is 12.6 Å². The van der Waals surface area contributed by atoms with Crippen molar-refractivity contribution in [1.29, 1.82) is 0 Å². The molecule has 0 N–H and O–H groups in total. The van der Waals surface area contributed by atoms with Gasteiger partial charge in [-0.2, -0.15) is 12.6 Å². The molecule has 0 fully saturated rings. The van der Waals surface area contributed by atoms with Crippen LogP contribution in [0, 0.1) is 5.92 Å². The lowest BCUT2D eigenvalue weighted by Gasteiger charge is -2.21. The van der Waals surface area contributed by atoms with Gasteiger partial charge < -0.3 is 4.90 Å². The molecule has 0 aromatic heterocycles. The van der Waals surface area contributed by atoms with Crippen LogP contribution in [0.2, 0.25) is 0 Å². The molecule has 0 aliphatic rings. The Morgan fingerprint density at radius 3 is 2.08 bits per heavy atom. The molecule has 0 rings (SSSR count). The van der Waals surface area contributed by atoms with Crippen LogP contribution in [0.25, 0.3) is 0 Å². The van der Waals surface area contributed by atoms with Crippen LogP contribution in [0.4, 0.5) is 0 Å². The van der Waals surface area contributed by atoms with Gasteiger partial charge in [-0.15, -0.1) is 0 Å². The summed E-state index contributed by atoms with van der Waals surface area (Å²) >= 11 is 4.39. The van der Waals surface area contributed by atoms with E-state index in [2.05, 4.69) is 38.3 Å². The van der Waals surface area contributed by atoms with Crippen molar-refractivity contribution in [1.82, 2.24) is 4.90 Å². The van der Waals surface area contributed by atoms with Crippen LogP contribution in [0.15, 0.2) is 0 Å². The second-order valence-corrected chi connectivity index (χ2v) is 4.02. The molecule has 0 bridgehead atoms. The summed E-state index contributed by atoms with van der Waals surface area (Å²) in [6.45, 7) is 10.3. The first kappa shape index (κ1) is 13.3. The molecule has 1 atom stereocenters. The maximum atomic E-state index is 4.39. The Balaban J connectivity index is 3.56. The topological polar surface area (TPSA) is 3.24 Å². The molecule has 0 heterocycles. The first-order chi connectivity index (χ1) is 6.28. The van der Waals surface area contributed by atoms with Crippen LogP contribution in [0.1, 0.15) is 40.0 Å². The molecule has 13 heavy (non-hydrogen) atoms. The van der Waals surface area contributed by atoms with E-state index in [0.717, 1.165) is 11.7 Å². The van der Waals surface area contributed by atoms with E-state index in [1.54, 1.807) is 0 Å². The van der Waals surface area contributed by atoms with E-state index in [1.165, 1.54) is 38.9 Å². The summed E-state index contributed by atoms with van der Waals surface area (Å²) in [5.74, 6) is 1.88. The van der Waals surface area contributed by atoms with Crippen LogP contribution < -0.4 is 0 Å². The Morgan fingerprint density at radius 2 is 1.69 bits per heavy atom. The van der Waals surface area contributed by atoms with Crippen molar-refractivity contribution < 1.29 is 0 Å². The Bertz CT molecular complexity index is 102. The smallest absolute Gasteiger partial charge is 0.00160 e. The Kier molecular flexibility index (Phi) is 9.10. The Labute approximate surface area is 89.3 Å². The summed E-state index contributed by atoms with van der Waals surface area (Å²) in [6, 6.07) is 0. The summed E-state index contributed by atoms with van der Waals surface area (Å²) in [5, 5.41) is 0. The zero-order valence-corrected chi connectivity index (χ0v) is 10.3. The monoisotopic (exact) mass is 203 g/mol. The number of hydrogen-bond acceptors (Lipinski definition) is 2. The highest BCUT2D eigenvalue weighted by Gasteiger charge is 2.07. The van der Waals surface area contributed by atoms with E-state index in [4.69, 9.17) is 0 Å². The molecule has 0 amide bonds. The third-order valence-corrected chi connectivity index (χ3v) is 3.22. The average Bonchev–Trinajstić information content (AvgIpc) is 2.17. The molecule has 80 valence electrons. The fourth-order valence-electron chi connectivity index (χ4n) is 1.64. The van der Waals surface area contributed by atoms with E-state index >= 15 is 0 Å². The van der Waals surface area contributed by atoms with Crippen molar-refractivity contribution in [3.63, 3.8) is 0 Å². The van der Waals surface area contributed by atoms with Crippen LogP contribution in [0.3, 0.4) is 0 Å². The Hall–Kier alpha value is 0.310. The van der Waals surface area contributed by atoms with Gasteiger partial charge in [0.25, 0.3) is 0 Å². The van der Waals surface area contributed by atoms with Gasteiger partial charge in [-0.05, 0) is 44.1 Å². The Morgan fingerprint density at radius 1 is 1.08 bits per heavy atom. The molecular weight excluding hydrogens is 178 g/mol. The molecule has 0 aliphatic carbocycles. The molecule has 0 aliphatic heterocycles. The summed E-state index contributed by atoms with van der Waals surface area (Å²) < 4.78 is 0. The second kappa shape index (κ2) is 8.89. The van der Waals surface area contributed by atoms with E-state index < -0.39 is 0 Å². The van der Waals surface area contributed by atoms with Crippen molar-refractivity contribution in [3.05, 3.63) is 0 Å². The van der Waals surface area contributed by atoms with Gasteiger partial charge in [-0.1, -0.05) is 27.2 Å². The highest BCUT2D eigenvalue weighted by atomic mass is 32.1. The summed E-state index contributed by atoms with van der Waals surface area (Å²) in [5.41, 5.74) is 0. The van der Waals surface area contributed by atoms with Gasteiger partial charge in [0.15, 0.2) is 0 Å². The van der Waals surface area contributed by atoms with Gasteiger partial charge >= 0.3 is 0 Å². The second-order valence-electron chi connectivity index (χ2n) is 3.65. The van der Waals surface area contributed by atoms with Gasteiger partial charge in [0.1, 0.15) is 0 Å². The number of rotatable bonds is 8. The van der Waals surface area contributed by atoms with E-state index in [0.29, 0.717) is 0 Å². The SMILES string of the molecule is CCCC(CS)CCN(CC)CC. The average molecular weight is 203 g/mol. The van der Waals surface area contributed by atoms with Gasteiger partial charge in [0.05, 0.1) is 0 Å². The van der Waals surface area contributed by atoms with Crippen LogP contribution in [-0.4, -0.2) is 30.3 Å². The summed E-state index contributed by atoms with van der Waals surface area (Å²) in [4.78, 5) is 2.49. The van der Waals surface area contributed by atoms with Crippen molar-refractivity contribution in [3.8, 4) is 0 Å². The van der Waals surface area contributed by atoms with Crippen molar-refractivity contribution in [2.45, 2.75) is 40.0 Å². The van der Waals surface area contributed by atoms with Crippen LogP contribution in [0.5, 0.6) is 0 Å². The first-order valence-corrected chi connectivity index (χ1v) is 6.24. The summed E-state index contributed by atoms with van der Waals surface area (Å²) in [6.07, 6.45) is 3.95. The standard InChI is InChI=1S/C11H25NS/c1-4-7-11(10-13)8-9-12(5-2)6-3/h11,13H,4-10H2,1-3H3. The maximum Gasteiger partial charge on any atom is -0.00160 e. The normalized spacial score (nSPS) is 13.6. The van der Waals surface area contributed by atoms with E-state index in [1.807, 2.05) is 0 Å². The van der Waals surface area contributed by atoms with Crippen molar-refractivity contribution in [2.24, 2.45) is 5.92 Å².